The van der Waals surface area contributed by atoms with E-state index in [1.54, 1.807) is 0 Å². The van der Waals surface area contributed by atoms with Gasteiger partial charge in [0.15, 0.2) is 0 Å². The Morgan fingerprint density at radius 2 is 2.27 bits per heavy atom. The third-order valence-corrected chi connectivity index (χ3v) is 1.58. The van der Waals surface area contributed by atoms with Crippen molar-refractivity contribution in [3.8, 4) is 0 Å². The number of hydroxylamine groups is 1. The molecule has 0 aromatic carbocycles. The Bertz CT molecular complexity index is 141. The minimum atomic E-state index is 0.0150. The summed E-state index contributed by atoms with van der Waals surface area (Å²) in [6.07, 6.45) is 3.11. The third kappa shape index (κ3) is 3.98. The van der Waals surface area contributed by atoms with Crippen LogP contribution in [-0.2, 0) is 9.63 Å². The zero-order valence-electron chi connectivity index (χ0n) is 7.09. The highest BCUT2D eigenvalue weighted by Crippen LogP contribution is 2.31. The molecule has 0 aromatic heterocycles. The summed E-state index contributed by atoms with van der Waals surface area (Å²) < 4.78 is 0. The maximum Gasteiger partial charge on any atom is 0.243 e. The first-order valence-electron chi connectivity index (χ1n) is 4.13. The highest BCUT2D eigenvalue weighted by molar-refractivity contribution is 5.75. The van der Waals surface area contributed by atoms with Gasteiger partial charge in [-0.2, -0.15) is 0 Å². The SMILES string of the molecule is CC(C)ONC(=O)CC1CC1. The Morgan fingerprint density at radius 1 is 1.64 bits per heavy atom. The van der Waals surface area contributed by atoms with Gasteiger partial charge in [0.1, 0.15) is 0 Å². The molecule has 0 radical (unpaired) electrons. The largest absolute Gasteiger partial charge is 0.273 e. The van der Waals surface area contributed by atoms with E-state index in [1.807, 2.05) is 13.8 Å². The summed E-state index contributed by atoms with van der Waals surface area (Å²) in [5.41, 5.74) is 2.41. The molecule has 1 aliphatic carbocycles. The molecule has 11 heavy (non-hydrogen) atoms. The van der Waals surface area contributed by atoms with Crippen molar-refractivity contribution in [1.82, 2.24) is 5.48 Å². The van der Waals surface area contributed by atoms with Crippen LogP contribution >= 0.6 is 0 Å². The summed E-state index contributed by atoms with van der Waals surface area (Å²) in [7, 11) is 0. The van der Waals surface area contributed by atoms with E-state index < -0.39 is 0 Å². The van der Waals surface area contributed by atoms with E-state index in [-0.39, 0.29) is 12.0 Å². The monoisotopic (exact) mass is 157 g/mol. The molecule has 1 rings (SSSR count). The number of carbonyl (C=O) groups excluding carboxylic acids is 1. The molecule has 1 amide bonds. The molecule has 0 heterocycles. The molecule has 0 saturated heterocycles. The first-order chi connectivity index (χ1) is 5.18. The standard InChI is InChI=1S/C8H15NO2/c1-6(2)11-9-8(10)5-7-3-4-7/h6-7H,3-5H2,1-2H3,(H,9,10). The molecule has 3 heteroatoms. The number of nitrogens with one attached hydrogen (secondary N) is 1. The maximum atomic E-state index is 11.0. The van der Waals surface area contributed by atoms with Crippen molar-refractivity contribution in [2.24, 2.45) is 5.92 Å². The smallest absolute Gasteiger partial charge is 0.243 e. The van der Waals surface area contributed by atoms with E-state index in [2.05, 4.69) is 5.48 Å². The van der Waals surface area contributed by atoms with Crippen molar-refractivity contribution >= 4 is 5.91 Å². The van der Waals surface area contributed by atoms with Crippen LogP contribution in [-0.4, -0.2) is 12.0 Å². The Morgan fingerprint density at radius 3 is 2.73 bits per heavy atom. The number of hydrogen-bond donors (Lipinski definition) is 1. The molecule has 0 aromatic rings. The lowest BCUT2D eigenvalue weighted by Gasteiger charge is -2.07. The second-order valence-corrected chi connectivity index (χ2v) is 3.34. The van der Waals surface area contributed by atoms with Crippen LogP contribution in [0, 0.1) is 5.92 Å². The fraction of sp³-hybridized carbons (Fsp3) is 0.875. The van der Waals surface area contributed by atoms with E-state index >= 15 is 0 Å². The summed E-state index contributed by atoms with van der Waals surface area (Å²) >= 11 is 0. The quantitative estimate of drug-likeness (QED) is 0.623. The summed E-state index contributed by atoms with van der Waals surface area (Å²) in [5.74, 6) is 0.645. The van der Waals surface area contributed by atoms with Crippen molar-refractivity contribution < 1.29 is 9.63 Å². The van der Waals surface area contributed by atoms with E-state index in [9.17, 15) is 4.79 Å². The highest BCUT2D eigenvalue weighted by atomic mass is 16.7. The Balaban J connectivity index is 2.00. The van der Waals surface area contributed by atoms with Crippen LogP contribution < -0.4 is 5.48 Å². The van der Waals surface area contributed by atoms with Crippen molar-refractivity contribution in [1.29, 1.82) is 0 Å². The van der Waals surface area contributed by atoms with Crippen LogP contribution in [0.3, 0.4) is 0 Å². The molecule has 1 saturated carbocycles. The summed E-state index contributed by atoms with van der Waals surface area (Å²) in [6, 6.07) is 0. The van der Waals surface area contributed by atoms with Crippen molar-refractivity contribution in [3.63, 3.8) is 0 Å². The number of carbonyl (C=O) groups is 1. The molecule has 3 nitrogen and oxygen atoms in total. The average Bonchev–Trinajstić information content (AvgIpc) is 2.67. The summed E-state index contributed by atoms with van der Waals surface area (Å²) in [6.45, 7) is 3.77. The average molecular weight is 157 g/mol. The van der Waals surface area contributed by atoms with Gasteiger partial charge in [-0.05, 0) is 32.6 Å². The molecule has 0 atom stereocenters. The molecule has 0 aliphatic heterocycles. The van der Waals surface area contributed by atoms with Crippen LogP contribution in [0.25, 0.3) is 0 Å². The Kier molecular flexibility index (Phi) is 2.88. The van der Waals surface area contributed by atoms with Crippen LogP contribution in [0.5, 0.6) is 0 Å². The molecule has 0 unspecified atom stereocenters. The molecule has 64 valence electrons. The summed E-state index contributed by atoms with van der Waals surface area (Å²) in [4.78, 5) is 15.9. The molecule has 1 fully saturated rings. The van der Waals surface area contributed by atoms with E-state index in [1.165, 1.54) is 12.8 Å². The molecule has 0 spiro atoms. The van der Waals surface area contributed by atoms with E-state index in [4.69, 9.17) is 4.84 Å². The van der Waals surface area contributed by atoms with E-state index in [0.29, 0.717) is 12.3 Å². The second kappa shape index (κ2) is 3.72. The van der Waals surface area contributed by atoms with Gasteiger partial charge in [-0.15, -0.1) is 0 Å². The third-order valence-electron chi connectivity index (χ3n) is 1.58. The normalized spacial score (nSPS) is 17.0. The molecule has 1 N–H and O–H groups in total. The van der Waals surface area contributed by atoms with Crippen LogP contribution in [0.1, 0.15) is 33.1 Å². The first kappa shape index (κ1) is 8.53. The predicted octanol–water partition coefficient (Wildman–Crippen LogP) is 1.24. The van der Waals surface area contributed by atoms with Gasteiger partial charge in [0.25, 0.3) is 0 Å². The Hall–Kier alpha value is -0.570. The lowest BCUT2D eigenvalue weighted by atomic mass is 10.3. The molecule has 0 bridgehead atoms. The predicted molar refractivity (Wildman–Crippen MR) is 41.7 cm³/mol. The number of amides is 1. The van der Waals surface area contributed by atoms with Crippen LogP contribution in [0.15, 0.2) is 0 Å². The van der Waals surface area contributed by atoms with Gasteiger partial charge >= 0.3 is 0 Å². The van der Waals surface area contributed by atoms with Crippen molar-refractivity contribution in [2.45, 2.75) is 39.2 Å². The van der Waals surface area contributed by atoms with Gasteiger partial charge in [0.2, 0.25) is 5.91 Å². The van der Waals surface area contributed by atoms with Crippen molar-refractivity contribution in [3.05, 3.63) is 0 Å². The number of rotatable bonds is 4. The van der Waals surface area contributed by atoms with Gasteiger partial charge in [0.05, 0.1) is 6.10 Å². The lowest BCUT2D eigenvalue weighted by molar-refractivity contribution is -0.137. The molecular weight excluding hydrogens is 142 g/mol. The fourth-order valence-corrected chi connectivity index (χ4v) is 0.809. The molecular formula is C8H15NO2. The zero-order valence-corrected chi connectivity index (χ0v) is 7.09. The summed E-state index contributed by atoms with van der Waals surface area (Å²) in [5, 5.41) is 0. The van der Waals surface area contributed by atoms with E-state index in [0.717, 1.165) is 0 Å². The fourth-order valence-electron chi connectivity index (χ4n) is 0.809. The van der Waals surface area contributed by atoms with Gasteiger partial charge in [-0.1, -0.05) is 0 Å². The zero-order chi connectivity index (χ0) is 8.27. The minimum Gasteiger partial charge on any atom is -0.273 e. The van der Waals surface area contributed by atoms with Crippen LogP contribution in [0.2, 0.25) is 0 Å². The van der Waals surface area contributed by atoms with Crippen LogP contribution in [0.4, 0.5) is 0 Å². The van der Waals surface area contributed by atoms with Gasteiger partial charge in [-0.25, -0.2) is 5.48 Å². The minimum absolute atomic E-state index is 0.0150. The molecule has 1 aliphatic rings. The van der Waals surface area contributed by atoms with Crippen molar-refractivity contribution in [2.75, 3.05) is 0 Å². The van der Waals surface area contributed by atoms with Gasteiger partial charge in [-0.3, -0.25) is 9.63 Å². The highest BCUT2D eigenvalue weighted by Gasteiger charge is 2.24. The topological polar surface area (TPSA) is 38.3 Å². The number of hydrogen-bond acceptors (Lipinski definition) is 2. The van der Waals surface area contributed by atoms with Gasteiger partial charge in [0, 0.05) is 6.42 Å². The Labute approximate surface area is 67.1 Å². The lowest BCUT2D eigenvalue weighted by Crippen LogP contribution is -2.26. The van der Waals surface area contributed by atoms with Gasteiger partial charge < -0.3 is 0 Å². The maximum absolute atomic E-state index is 11.0. The second-order valence-electron chi connectivity index (χ2n) is 3.34. The first-order valence-corrected chi connectivity index (χ1v) is 4.13.